The van der Waals surface area contributed by atoms with Gasteiger partial charge in [0.05, 0.1) is 0 Å². The quantitative estimate of drug-likeness (QED) is 0.733. The Kier molecular flexibility index (Phi) is 6.04. The molecule has 1 saturated carbocycles. The van der Waals surface area contributed by atoms with E-state index in [1.807, 2.05) is 13.8 Å². The Morgan fingerprint density at radius 3 is 2.17 bits per heavy atom. The summed E-state index contributed by atoms with van der Waals surface area (Å²) in [6.07, 6.45) is 5.15. The lowest BCUT2D eigenvalue weighted by molar-refractivity contribution is 0.0863. The molecule has 0 aromatic heterocycles. The first-order chi connectivity index (χ1) is 8.49. The molecule has 0 spiro atoms. The maximum atomic E-state index is 12.0. The molecule has 0 heterocycles. The molecule has 0 aromatic rings. The van der Waals surface area contributed by atoms with Crippen LogP contribution in [0.5, 0.6) is 0 Å². The number of aliphatic hydroxyl groups is 1. The molecule has 0 aromatic carbocycles. The van der Waals surface area contributed by atoms with E-state index in [0.29, 0.717) is 19.6 Å². The van der Waals surface area contributed by atoms with Gasteiger partial charge in [0.15, 0.2) is 0 Å². The molecule has 0 aliphatic heterocycles. The van der Waals surface area contributed by atoms with E-state index in [0.717, 1.165) is 25.7 Å². The first-order valence-corrected chi connectivity index (χ1v) is 8.29. The summed E-state index contributed by atoms with van der Waals surface area (Å²) in [7, 11) is -3.40. The van der Waals surface area contributed by atoms with Crippen molar-refractivity contribution in [2.24, 2.45) is 5.41 Å². The lowest BCUT2D eigenvalue weighted by Crippen LogP contribution is -2.47. The van der Waals surface area contributed by atoms with Crippen LogP contribution in [-0.4, -0.2) is 44.1 Å². The molecular weight excluding hydrogens is 252 g/mol. The predicted molar refractivity (Wildman–Crippen MR) is 72.4 cm³/mol. The summed E-state index contributed by atoms with van der Waals surface area (Å²) in [4.78, 5) is 0. The van der Waals surface area contributed by atoms with Gasteiger partial charge in [-0.2, -0.15) is 12.7 Å². The van der Waals surface area contributed by atoms with Crippen molar-refractivity contribution in [3.05, 3.63) is 0 Å². The van der Waals surface area contributed by atoms with Gasteiger partial charge in [-0.1, -0.05) is 33.1 Å². The molecule has 108 valence electrons. The fourth-order valence-electron chi connectivity index (χ4n) is 2.59. The van der Waals surface area contributed by atoms with Crippen LogP contribution in [0.15, 0.2) is 0 Å². The molecule has 2 N–H and O–H groups in total. The zero-order chi connectivity index (χ0) is 13.6. The Labute approximate surface area is 111 Å². The Morgan fingerprint density at radius 2 is 1.72 bits per heavy atom. The van der Waals surface area contributed by atoms with Gasteiger partial charge in [-0.05, 0) is 12.8 Å². The molecule has 1 aliphatic rings. The molecule has 1 aliphatic carbocycles. The molecule has 5 nitrogen and oxygen atoms in total. The van der Waals surface area contributed by atoms with E-state index in [4.69, 9.17) is 0 Å². The van der Waals surface area contributed by atoms with Crippen LogP contribution in [0.2, 0.25) is 0 Å². The minimum atomic E-state index is -3.40. The fraction of sp³-hybridized carbons (Fsp3) is 1.00. The van der Waals surface area contributed by atoms with Crippen LogP contribution in [-0.2, 0) is 10.2 Å². The van der Waals surface area contributed by atoms with Gasteiger partial charge < -0.3 is 5.11 Å². The van der Waals surface area contributed by atoms with Crippen LogP contribution < -0.4 is 4.72 Å². The zero-order valence-electron chi connectivity index (χ0n) is 11.5. The number of aliphatic hydroxyl groups excluding tert-OH is 1. The summed E-state index contributed by atoms with van der Waals surface area (Å²) in [6, 6.07) is 0. The molecule has 0 saturated heterocycles. The van der Waals surface area contributed by atoms with Crippen LogP contribution in [0.3, 0.4) is 0 Å². The highest BCUT2D eigenvalue weighted by Crippen LogP contribution is 2.35. The smallest absolute Gasteiger partial charge is 0.279 e. The van der Waals surface area contributed by atoms with Crippen molar-refractivity contribution in [1.82, 2.24) is 9.03 Å². The molecule has 0 radical (unpaired) electrons. The summed E-state index contributed by atoms with van der Waals surface area (Å²) < 4.78 is 28.1. The van der Waals surface area contributed by atoms with E-state index >= 15 is 0 Å². The van der Waals surface area contributed by atoms with Gasteiger partial charge in [0, 0.05) is 31.7 Å². The largest absolute Gasteiger partial charge is 0.396 e. The molecule has 0 amide bonds. The predicted octanol–water partition coefficient (Wildman–Crippen LogP) is 1.11. The summed E-state index contributed by atoms with van der Waals surface area (Å²) in [5, 5.41) is 9.54. The van der Waals surface area contributed by atoms with Crippen molar-refractivity contribution < 1.29 is 13.5 Å². The normalized spacial score (nSPS) is 20.2. The Morgan fingerprint density at radius 1 is 1.17 bits per heavy atom. The van der Waals surface area contributed by atoms with Crippen LogP contribution in [0.4, 0.5) is 0 Å². The van der Waals surface area contributed by atoms with Crippen LogP contribution in [0, 0.1) is 5.41 Å². The number of nitrogens with one attached hydrogen (secondary N) is 1. The minimum absolute atomic E-state index is 0.0633. The topological polar surface area (TPSA) is 69.6 Å². The van der Waals surface area contributed by atoms with Crippen molar-refractivity contribution in [3.63, 3.8) is 0 Å². The third kappa shape index (κ3) is 3.91. The summed E-state index contributed by atoms with van der Waals surface area (Å²) in [5.41, 5.74) is -0.252. The van der Waals surface area contributed by atoms with E-state index in [-0.39, 0.29) is 12.0 Å². The van der Waals surface area contributed by atoms with E-state index in [2.05, 4.69) is 4.72 Å². The van der Waals surface area contributed by atoms with E-state index in [1.165, 1.54) is 10.7 Å². The first-order valence-electron chi connectivity index (χ1n) is 6.85. The third-order valence-corrected chi connectivity index (χ3v) is 5.63. The number of hydrogen-bond donors (Lipinski definition) is 2. The van der Waals surface area contributed by atoms with E-state index in [9.17, 15) is 13.5 Å². The number of rotatable bonds is 7. The second kappa shape index (κ2) is 6.84. The average molecular weight is 278 g/mol. The van der Waals surface area contributed by atoms with Gasteiger partial charge in [0.2, 0.25) is 0 Å². The van der Waals surface area contributed by atoms with Gasteiger partial charge in [-0.3, -0.25) is 0 Å². The van der Waals surface area contributed by atoms with E-state index < -0.39 is 10.2 Å². The highest BCUT2D eigenvalue weighted by atomic mass is 32.2. The highest BCUT2D eigenvalue weighted by molar-refractivity contribution is 7.87. The molecule has 0 bridgehead atoms. The monoisotopic (exact) mass is 278 g/mol. The highest BCUT2D eigenvalue weighted by Gasteiger charge is 2.33. The average Bonchev–Trinajstić information content (AvgIpc) is 2.39. The lowest BCUT2D eigenvalue weighted by atomic mass is 9.75. The third-order valence-electron chi connectivity index (χ3n) is 3.92. The number of nitrogens with zero attached hydrogens (tertiary/aromatic N) is 1. The Bertz CT molecular complexity index is 333. The van der Waals surface area contributed by atoms with Gasteiger partial charge in [-0.15, -0.1) is 0 Å². The van der Waals surface area contributed by atoms with Crippen LogP contribution in [0.1, 0.15) is 46.0 Å². The SMILES string of the molecule is CCN(CC)S(=O)(=O)NCC1(CO)CCCCC1. The van der Waals surface area contributed by atoms with Gasteiger partial charge in [0.1, 0.15) is 0 Å². The fourth-order valence-corrected chi connectivity index (χ4v) is 3.94. The maximum Gasteiger partial charge on any atom is 0.279 e. The molecular formula is C12H26N2O3S. The van der Waals surface area contributed by atoms with Crippen LogP contribution >= 0.6 is 0 Å². The van der Waals surface area contributed by atoms with Gasteiger partial charge in [0.25, 0.3) is 10.2 Å². The van der Waals surface area contributed by atoms with Gasteiger partial charge in [-0.25, -0.2) is 4.72 Å². The summed E-state index contributed by atoms with van der Waals surface area (Å²) >= 11 is 0. The molecule has 18 heavy (non-hydrogen) atoms. The van der Waals surface area contributed by atoms with Crippen molar-refractivity contribution in [3.8, 4) is 0 Å². The van der Waals surface area contributed by atoms with Crippen molar-refractivity contribution >= 4 is 10.2 Å². The standard InChI is InChI=1S/C12H26N2O3S/c1-3-14(4-2)18(16,17)13-10-12(11-15)8-6-5-7-9-12/h13,15H,3-11H2,1-2H3. The summed E-state index contributed by atoms with van der Waals surface area (Å²) in [6.45, 7) is 5.00. The second-order valence-electron chi connectivity index (χ2n) is 5.13. The van der Waals surface area contributed by atoms with Crippen molar-refractivity contribution in [2.45, 2.75) is 46.0 Å². The molecule has 1 fully saturated rings. The zero-order valence-corrected chi connectivity index (χ0v) is 12.3. The molecule has 0 atom stereocenters. The number of hydrogen-bond acceptors (Lipinski definition) is 3. The van der Waals surface area contributed by atoms with Crippen molar-refractivity contribution in [1.29, 1.82) is 0 Å². The Hall–Kier alpha value is -0.170. The molecule has 1 rings (SSSR count). The maximum absolute atomic E-state index is 12.0. The molecule has 6 heteroatoms. The molecule has 0 unspecified atom stereocenters. The van der Waals surface area contributed by atoms with Crippen LogP contribution in [0.25, 0.3) is 0 Å². The van der Waals surface area contributed by atoms with Gasteiger partial charge >= 0.3 is 0 Å². The second-order valence-corrected chi connectivity index (χ2v) is 6.88. The first kappa shape index (κ1) is 15.9. The van der Waals surface area contributed by atoms with E-state index in [1.54, 1.807) is 0 Å². The lowest BCUT2D eigenvalue weighted by Gasteiger charge is -2.36. The van der Waals surface area contributed by atoms with Crippen molar-refractivity contribution in [2.75, 3.05) is 26.2 Å². The summed E-state index contributed by atoms with van der Waals surface area (Å²) in [5.74, 6) is 0. The Balaban J connectivity index is 2.62. The minimum Gasteiger partial charge on any atom is -0.396 e.